The van der Waals surface area contributed by atoms with Gasteiger partial charge in [0.25, 0.3) is 5.56 Å². The van der Waals surface area contributed by atoms with Crippen molar-refractivity contribution in [2.45, 2.75) is 56.9 Å². The molecule has 0 aliphatic carbocycles. The van der Waals surface area contributed by atoms with E-state index in [2.05, 4.69) is 29.1 Å². The first-order valence-electron chi connectivity index (χ1n) is 8.68. The van der Waals surface area contributed by atoms with Gasteiger partial charge in [0, 0.05) is 17.4 Å². The van der Waals surface area contributed by atoms with E-state index >= 15 is 0 Å². The zero-order chi connectivity index (χ0) is 18.2. The number of unbranched alkanes of at least 4 members (excludes halogenated alkanes) is 1. The van der Waals surface area contributed by atoms with Crippen LogP contribution < -0.4 is 10.9 Å². The van der Waals surface area contributed by atoms with Gasteiger partial charge in [0.05, 0.1) is 5.25 Å². The molecule has 0 bridgehead atoms. The van der Waals surface area contributed by atoms with Crippen molar-refractivity contribution >= 4 is 23.4 Å². The first-order chi connectivity index (χ1) is 12.0. The van der Waals surface area contributed by atoms with Crippen LogP contribution in [-0.2, 0) is 17.6 Å². The predicted molar refractivity (Wildman–Crippen MR) is 103 cm³/mol. The van der Waals surface area contributed by atoms with Gasteiger partial charge in [-0.15, -0.1) is 0 Å². The van der Waals surface area contributed by atoms with Gasteiger partial charge in [-0.2, -0.15) is 0 Å². The Balaban J connectivity index is 2.00. The van der Waals surface area contributed by atoms with E-state index in [9.17, 15) is 9.59 Å². The van der Waals surface area contributed by atoms with Gasteiger partial charge in [-0.3, -0.25) is 9.59 Å². The fourth-order valence-corrected chi connectivity index (χ4v) is 3.14. The number of rotatable bonds is 8. The van der Waals surface area contributed by atoms with Crippen LogP contribution in [-0.4, -0.2) is 21.1 Å². The molecule has 1 aromatic carbocycles. The lowest BCUT2D eigenvalue weighted by molar-refractivity contribution is -0.115. The molecule has 0 aliphatic rings. The van der Waals surface area contributed by atoms with Crippen molar-refractivity contribution in [3.8, 4) is 0 Å². The molecule has 1 heterocycles. The van der Waals surface area contributed by atoms with Gasteiger partial charge in [0.1, 0.15) is 0 Å². The van der Waals surface area contributed by atoms with Gasteiger partial charge in [-0.1, -0.05) is 44.2 Å². The lowest BCUT2D eigenvalue weighted by atomic mass is 10.1. The maximum atomic E-state index is 12.4. The number of benzene rings is 1. The molecule has 2 aromatic rings. The summed E-state index contributed by atoms with van der Waals surface area (Å²) in [6, 6.07) is 9.34. The summed E-state index contributed by atoms with van der Waals surface area (Å²) in [5.41, 5.74) is 2.60. The number of amides is 1. The number of nitrogens with one attached hydrogen (secondary N) is 2. The number of carbonyl (C=O) groups excluding carboxylic acids is 1. The van der Waals surface area contributed by atoms with Crippen LogP contribution >= 0.6 is 11.8 Å². The van der Waals surface area contributed by atoms with Crippen molar-refractivity contribution in [3.05, 3.63) is 51.9 Å². The van der Waals surface area contributed by atoms with Crippen molar-refractivity contribution in [1.82, 2.24) is 9.97 Å². The van der Waals surface area contributed by atoms with Gasteiger partial charge >= 0.3 is 0 Å². The molecule has 134 valence electrons. The van der Waals surface area contributed by atoms with Crippen molar-refractivity contribution in [2.24, 2.45) is 0 Å². The average Bonchev–Trinajstić information content (AvgIpc) is 2.60. The predicted octanol–water partition coefficient (Wildman–Crippen LogP) is 3.79. The molecule has 6 heteroatoms. The standard InChI is InChI=1S/C19H25N3O2S/c1-4-6-7-16-12-17(23)22-19(21-16)25-13(3)18(24)20-15-10-8-14(5-2)9-11-15/h8-13H,4-7H2,1-3H3,(H,20,24)(H,21,22,23). The second-order valence-corrected chi connectivity index (χ2v) is 7.27. The van der Waals surface area contributed by atoms with Crippen LogP contribution in [0.3, 0.4) is 0 Å². The molecule has 0 spiro atoms. The number of hydrogen-bond donors (Lipinski definition) is 2. The molecule has 2 rings (SSSR count). The van der Waals surface area contributed by atoms with E-state index in [-0.39, 0.29) is 16.7 Å². The van der Waals surface area contributed by atoms with E-state index in [0.717, 1.165) is 37.1 Å². The minimum atomic E-state index is -0.365. The number of thioether (sulfide) groups is 1. The zero-order valence-corrected chi connectivity index (χ0v) is 15.8. The van der Waals surface area contributed by atoms with Gasteiger partial charge in [0.15, 0.2) is 5.16 Å². The Bertz CT molecular complexity index is 756. The maximum absolute atomic E-state index is 12.4. The highest BCUT2D eigenvalue weighted by Crippen LogP contribution is 2.20. The number of nitrogens with zero attached hydrogens (tertiary/aromatic N) is 1. The summed E-state index contributed by atoms with van der Waals surface area (Å²) in [6.45, 7) is 6.00. The first-order valence-corrected chi connectivity index (χ1v) is 9.56. The number of anilines is 1. The molecule has 0 radical (unpaired) electrons. The maximum Gasteiger partial charge on any atom is 0.251 e. The van der Waals surface area contributed by atoms with E-state index in [1.54, 1.807) is 6.92 Å². The molecule has 2 N–H and O–H groups in total. The Morgan fingerprint density at radius 3 is 2.64 bits per heavy atom. The van der Waals surface area contributed by atoms with Crippen LogP contribution in [0.5, 0.6) is 0 Å². The molecule has 0 saturated heterocycles. The highest BCUT2D eigenvalue weighted by atomic mass is 32.2. The van der Waals surface area contributed by atoms with E-state index in [4.69, 9.17) is 0 Å². The van der Waals surface area contributed by atoms with Crippen LogP contribution in [0, 0.1) is 0 Å². The fraction of sp³-hybridized carbons (Fsp3) is 0.421. The number of carbonyl (C=O) groups is 1. The van der Waals surface area contributed by atoms with E-state index in [1.807, 2.05) is 24.3 Å². The van der Waals surface area contributed by atoms with Crippen molar-refractivity contribution in [3.63, 3.8) is 0 Å². The van der Waals surface area contributed by atoms with E-state index in [0.29, 0.717) is 5.16 Å². The molecule has 1 aromatic heterocycles. The summed E-state index contributed by atoms with van der Waals surface area (Å²) in [7, 11) is 0. The van der Waals surface area contributed by atoms with Crippen molar-refractivity contribution in [2.75, 3.05) is 5.32 Å². The van der Waals surface area contributed by atoms with Crippen LogP contribution in [0.4, 0.5) is 5.69 Å². The third kappa shape index (κ3) is 6.05. The van der Waals surface area contributed by atoms with Crippen LogP contribution in [0.15, 0.2) is 40.3 Å². The quantitative estimate of drug-likeness (QED) is 0.555. The van der Waals surface area contributed by atoms with Crippen molar-refractivity contribution in [1.29, 1.82) is 0 Å². The Kier molecular flexibility index (Phi) is 7.25. The van der Waals surface area contributed by atoms with E-state index in [1.165, 1.54) is 23.4 Å². The number of aromatic amines is 1. The first kappa shape index (κ1) is 19.2. The second-order valence-electron chi connectivity index (χ2n) is 5.95. The van der Waals surface area contributed by atoms with Crippen LogP contribution in [0.2, 0.25) is 0 Å². The number of aryl methyl sites for hydroxylation is 2. The summed E-state index contributed by atoms with van der Waals surface area (Å²) in [5, 5.41) is 3.02. The molecule has 1 atom stereocenters. The number of H-pyrrole nitrogens is 1. The van der Waals surface area contributed by atoms with Crippen molar-refractivity contribution < 1.29 is 4.79 Å². The Morgan fingerprint density at radius 2 is 2.00 bits per heavy atom. The molecule has 1 amide bonds. The Labute approximate surface area is 152 Å². The average molecular weight is 359 g/mol. The van der Waals surface area contributed by atoms with Gasteiger partial charge in [-0.05, 0) is 43.9 Å². The number of hydrogen-bond acceptors (Lipinski definition) is 4. The molecular weight excluding hydrogens is 334 g/mol. The molecule has 5 nitrogen and oxygen atoms in total. The van der Waals surface area contributed by atoms with Gasteiger partial charge < -0.3 is 10.3 Å². The van der Waals surface area contributed by atoms with Crippen LogP contribution in [0.25, 0.3) is 0 Å². The summed E-state index contributed by atoms with van der Waals surface area (Å²) >= 11 is 1.26. The normalized spacial score (nSPS) is 12.0. The largest absolute Gasteiger partial charge is 0.325 e. The van der Waals surface area contributed by atoms with Crippen LogP contribution in [0.1, 0.15) is 44.9 Å². The lowest BCUT2D eigenvalue weighted by Gasteiger charge is -2.12. The van der Waals surface area contributed by atoms with E-state index < -0.39 is 0 Å². The highest BCUT2D eigenvalue weighted by Gasteiger charge is 2.16. The molecule has 0 aliphatic heterocycles. The monoisotopic (exact) mass is 359 g/mol. The molecule has 0 fully saturated rings. The van der Waals surface area contributed by atoms with Gasteiger partial charge in [-0.25, -0.2) is 4.98 Å². The fourth-order valence-electron chi connectivity index (χ4n) is 2.31. The smallest absolute Gasteiger partial charge is 0.251 e. The molecule has 25 heavy (non-hydrogen) atoms. The summed E-state index contributed by atoms with van der Waals surface area (Å²) in [4.78, 5) is 31.3. The second kappa shape index (κ2) is 9.42. The Hall–Kier alpha value is -2.08. The molecule has 0 saturated carbocycles. The third-order valence-electron chi connectivity index (χ3n) is 3.85. The minimum Gasteiger partial charge on any atom is -0.325 e. The number of aromatic nitrogens is 2. The molecular formula is C19H25N3O2S. The lowest BCUT2D eigenvalue weighted by Crippen LogP contribution is -2.23. The summed E-state index contributed by atoms with van der Waals surface area (Å²) < 4.78 is 0. The summed E-state index contributed by atoms with van der Waals surface area (Å²) in [5.74, 6) is -0.115. The topological polar surface area (TPSA) is 74.8 Å². The SMILES string of the molecule is CCCCc1cc(=O)[nH]c(SC(C)C(=O)Nc2ccc(CC)cc2)n1. The molecule has 1 unspecified atom stereocenters. The van der Waals surface area contributed by atoms with Gasteiger partial charge in [0.2, 0.25) is 5.91 Å². The summed E-state index contributed by atoms with van der Waals surface area (Å²) in [6.07, 6.45) is 3.78. The zero-order valence-electron chi connectivity index (χ0n) is 15.0. The Morgan fingerprint density at radius 1 is 1.28 bits per heavy atom. The highest BCUT2D eigenvalue weighted by molar-refractivity contribution is 8.00. The third-order valence-corrected chi connectivity index (χ3v) is 4.83. The minimum absolute atomic E-state index is 0.115.